The lowest BCUT2D eigenvalue weighted by Gasteiger charge is -2.08. The number of nitrogens with two attached hydrogens (primary N) is 1. The second-order valence-corrected chi connectivity index (χ2v) is 7.03. The van der Waals surface area contributed by atoms with Gasteiger partial charge in [0.1, 0.15) is 5.58 Å². The molecule has 0 bridgehead atoms. The average Bonchev–Trinajstić information content (AvgIpc) is 3.12. The van der Waals surface area contributed by atoms with Gasteiger partial charge in [0.25, 0.3) is 11.8 Å². The standard InChI is InChI=1S/C21H16N4O3S/c22-19(26)14-7-1-3-8-16(14)25-20(27)18-15(12-29-21-23-10-5-11-24-21)13-6-2-4-9-17(13)28-18/h1-11H,12H2,(H2,22,26)(H,25,27). The van der Waals surface area contributed by atoms with Gasteiger partial charge in [-0.1, -0.05) is 42.1 Å². The molecule has 0 atom stereocenters. The molecule has 0 fully saturated rings. The Morgan fingerprint density at radius 1 is 1.00 bits per heavy atom. The van der Waals surface area contributed by atoms with Crippen molar-refractivity contribution in [3.8, 4) is 0 Å². The van der Waals surface area contributed by atoms with Gasteiger partial charge >= 0.3 is 0 Å². The Hall–Kier alpha value is -3.65. The number of amides is 2. The fourth-order valence-electron chi connectivity index (χ4n) is 2.91. The number of thioether (sulfide) groups is 1. The number of carbonyl (C=O) groups is 2. The van der Waals surface area contributed by atoms with E-state index in [4.69, 9.17) is 10.2 Å². The van der Waals surface area contributed by atoms with E-state index in [1.54, 1.807) is 48.8 Å². The number of benzene rings is 2. The van der Waals surface area contributed by atoms with E-state index < -0.39 is 11.8 Å². The molecule has 144 valence electrons. The fourth-order valence-corrected chi connectivity index (χ4v) is 3.74. The van der Waals surface area contributed by atoms with Crippen molar-refractivity contribution < 1.29 is 14.0 Å². The highest BCUT2D eigenvalue weighted by Crippen LogP contribution is 2.31. The van der Waals surface area contributed by atoms with E-state index in [1.807, 2.05) is 18.2 Å². The lowest BCUT2D eigenvalue weighted by molar-refractivity contribution is 0.0998. The summed E-state index contributed by atoms with van der Waals surface area (Å²) in [7, 11) is 0. The summed E-state index contributed by atoms with van der Waals surface area (Å²) in [6, 6.07) is 15.7. The summed E-state index contributed by atoms with van der Waals surface area (Å²) in [6.45, 7) is 0. The smallest absolute Gasteiger partial charge is 0.291 e. The maximum absolute atomic E-state index is 13.0. The van der Waals surface area contributed by atoms with Crippen LogP contribution >= 0.6 is 11.8 Å². The van der Waals surface area contributed by atoms with Crippen molar-refractivity contribution in [2.75, 3.05) is 5.32 Å². The number of primary amides is 1. The summed E-state index contributed by atoms with van der Waals surface area (Å²) in [5, 5.41) is 4.17. The minimum absolute atomic E-state index is 0.175. The highest BCUT2D eigenvalue weighted by molar-refractivity contribution is 7.98. The van der Waals surface area contributed by atoms with Gasteiger partial charge in [-0.25, -0.2) is 9.97 Å². The van der Waals surface area contributed by atoms with Gasteiger partial charge in [0.2, 0.25) is 0 Å². The number of fused-ring (bicyclic) bond motifs is 1. The van der Waals surface area contributed by atoms with Crippen LogP contribution in [0.3, 0.4) is 0 Å². The van der Waals surface area contributed by atoms with Gasteiger partial charge in [-0.3, -0.25) is 9.59 Å². The Morgan fingerprint density at radius 2 is 1.72 bits per heavy atom. The van der Waals surface area contributed by atoms with Crippen LogP contribution in [-0.2, 0) is 5.75 Å². The first kappa shape index (κ1) is 18.7. The van der Waals surface area contributed by atoms with Gasteiger partial charge in [-0.15, -0.1) is 0 Å². The summed E-state index contributed by atoms with van der Waals surface area (Å²) >= 11 is 1.40. The van der Waals surface area contributed by atoms with Gasteiger partial charge < -0.3 is 15.5 Å². The number of aromatic nitrogens is 2. The molecule has 4 rings (SSSR count). The minimum Gasteiger partial charge on any atom is -0.451 e. The van der Waals surface area contributed by atoms with E-state index in [0.717, 1.165) is 10.9 Å². The molecule has 0 aliphatic heterocycles. The number of anilines is 1. The van der Waals surface area contributed by atoms with Crippen LogP contribution in [0.5, 0.6) is 0 Å². The Labute approximate surface area is 170 Å². The van der Waals surface area contributed by atoms with Gasteiger partial charge in [0.15, 0.2) is 10.9 Å². The summed E-state index contributed by atoms with van der Waals surface area (Å²) in [6.07, 6.45) is 3.33. The molecule has 0 spiro atoms. The molecule has 2 amide bonds. The number of nitrogens with zero attached hydrogens (tertiary/aromatic N) is 2. The van der Waals surface area contributed by atoms with Crippen LogP contribution in [0, 0.1) is 0 Å². The molecule has 8 heteroatoms. The molecular weight excluding hydrogens is 388 g/mol. The number of furan rings is 1. The lowest BCUT2D eigenvalue weighted by atomic mass is 10.1. The quantitative estimate of drug-likeness (QED) is 0.373. The molecule has 2 heterocycles. The lowest BCUT2D eigenvalue weighted by Crippen LogP contribution is -2.18. The van der Waals surface area contributed by atoms with E-state index in [1.165, 1.54) is 11.8 Å². The van der Waals surface area contributed by atoms with Crippen molar-refractivity contribution in [1.29, 1.82) is 0 Å². The number of carbonyl (C=O) groups excluding carboxylic acids is 2. The molecule has 0 radical (unpaired) electrons. The monoisotopic (exact) mass is 404 g/mol. The topological polar surface area (TPSA) is 111 Å². The summed E-state index contributed by atoms with van der Waals surface area (Å²) in [5.41, 5.74) is 7.29. The molecule has 3 N–H and O–H groups in total. The van der Waals surface area contributed by atoms with E-state index >= 15 is 0 Å². The highest BCUT2D eigenvalue weighted by atomic mass is 32.2. The van der Waals surface area contributed by atoms with Crippen LogP contribution in [0.2, 0.25) is 0 Å². The molecule has 2 aromatic heterocycles. The van der Waals surface area contributed by atoms with Crippen molar-refractivity contribution in [1.82, 2.24) is 9.97 Å². The van der Waals surface area contributed by atoms with Gasteiger partial charge in [0.05, 0.1) is 11.3 Å². The second kappa shape index (κ2) is 8.15. The molecule has 29 heavy (non-hydrogen) atoms. The van der Waals surface area contributed by atoms with Crippen molar-refractivity contribution in [2.45, 2.75) is 10.9 Å². The van der Waals surface area contributed by atoms with E-state index in [9.17, 15) is 9.59 Å². The Bertz CT molecular complexity index is 1190. The van der Waals surface area contributed by atoms with Crippen molar-refractivity contribution in [3.63, 3.8) is 0 Å². The van der Waals surface area contributed by atoms with E-state index in [0.29, 0.717) is 22.2 Å². The van der Waals surface area contributed by atoms with Crippen LogP contribution in [0.4, 0.5) is 5.69 Å². The SMILES string of the molecule is NC(=O)c1ccccc1NC(=O)c1oc2ccccc2c1CSc1ncccn1. The molecule has 2 aromatic carbocycles. The zero-order valence-electron chi connectivity index (χ0n) is 15.2. The zero-order chi connectivity index (χ0) is 20.2. The van der Waals surface area contributed by atoms with E-state index in [2.05, 4.69) is 15.3 Å². The molecular formula is C21H16N4O3S. The Kier molecular flexibility index (Phi) is 5.26. The van der Waals surface area contributed by atoms with E-state index in [-0.39, 0.29) is 11.3 Å². The maximum Gasteiger partial charge on any atom is 0.291 e. The number of nitrogens with one attached hydrogen (secondary N) is 1. The molecule has 0 saturated carbocycles. The largest absolute Gasteiger partial charge is 0.451 e. The van der Waals surface area contributed by atoms with Gasteiger partial charge in [-0.2, -0.15) is 0 Å². The van der Waals surface area contributed by atoms with Gasteiger partial charge in [-0.05, 0) is 24.3 Å². The second-order valence-electron chi connectivity index (χ2n) is 6.09. The first-order valence-corrected chi connectivity index (χ1v) is 9.72. The highest BCUT2D eigenvalue weighted by Gasteiger charge is 2.22. The van der Waals surface area contributed by atoms with Crippen LogP contribution in [-0.4, -0.2) is 21.8 Å². The number of para-hydroxylation sites is 2. The third-order valence-electron chi connectivity index (χ3n) is 4.23. The Balaban J connectivity index is 1.68. The molecule has 0 unspecified atom stereocenters. The predicted octanol–water partition coefficient (Wildman–Crippen LogP) is 3.87. The summed E-state index contributed by atoms with van der Waals surface area (Å²) < 4.78 is 5.84. The Morgan fingerprint density at radius 3 is 2.52 bits per heavy atom. The van der Waals surface area contributed by atoms with Crippen molar-refractivity contribution in [2.24, 2.45) is 5.73 Å². The molecule has 0 saturated heterocycles. The number of hydrogen-bond acceptors (Lipinski definition) is 6. The maximum atomic E-state index is 13.0. The summed E-state index contributed by atoms with van der Waals surface area (Å²) in [4.78, 5) is 33.0. The molecule has 4 aromatic rings. The first-order chi connectivity index (χ1) is 14.1. The summed E-state index contributed by atoms with van der Waals surface area (Å²) in [5.74, 6) is -0.461. The third kappa shape index (κ3) is 3.97. The van der Waals surface area contributed by atoms with Crippen LogP contribution < -0.4 is 11.1 Å². The van der Waals surface area contributed by atoms with Crippen molar-refractivity contribution >= 4 is 40.2 Å². The van der Waals surface area contributed by atoms with Crippen LogP contribution in [0.1, 0.15) is 26.5 Å². The number of hydrogen-bond donors (Lipinski definition) is 2. The van der Waals surface area contributed by atoms with Crippen LogP contribution in [0.15, 0.2) is 76.6 Å². The average molecular weight is 404 g/mol. The fraction of sp³-hybridized carbons (Fsp3) is 0.0476. The van der Waals surface area contributed by atoms with Crippen LogP contribution in [0.25, 0.3) is 11.0 Å². The zero-order valence-corrected chi connectivity index (χ0v) is 16.0. The predicted molar refractivity (Wildman–Crippen MR) is 111 cm³/mol. The molecule has 7 nitrogen and oxygen atoms in total. The normalized spacial score (nSPS) is 10.8. The number of rotatable bonds is 6. The molecule has 0 aliphatic carbocycles. The third-order valence-corrected chi connectivity index (χ3v) is 5.13. The molecule has 0 aliphatic rings. The minimum atomic E-state index is -0.623. The van der Waals surface area contributed by atoms with Crippen molar-refractivity contribution in [3.05, 3.63) is 83.9 Å². The first-order valence-electron chi connectivity index (χ1n) is 8.74. The van der Waals surface area contributed by atoms with Gasteiger partial charge in [0, 0.05) is 29.1 Å².